The van der Waals surface area contributed by atoms with E-state index in [1.807, 2.05) is 0 Å². The van der Waals surface area contributed by atoms with Gasteiger partial charge < -0.3 is 14.2 Å². The maximum Gasteiger partial charge on any atom is 0.289 e. The molecule has 8 nitrogen and oxygen atoms in total. The van der Waals surface area contributed by atoms with Crippen molar-refractivity contribution in [2.75, 3.05) is 21.3 Å². The number of aromatic nitrogens is 2. The summed E-state index contributed by atoms with van der Waals surface area (Å²) in [4.78, 5) is 12.7. The Bertz CT molecular complexity index is 1410. The first-order chi connectivity index (χ1) is 16.6. The predicted octanol–water partition coefficient (Wildman–Crippen LogP) is 4.12. The number of benzene rings is 3. The molecule has 0 unspecified atom stereocenters. The van der Waals surface area contributed by atoms with E-state index in [2.05, 4.69) is 51.1 Å². The molecule has 0 saturated carbocycles. The zero-order chi connectivity index (χ0) is 23.7. The molecule has 0 atom stereocenters. The molecule has 2 N–H and O–H groups in total. The average molecular weight is 457 g/mol. The molecule has 1 aliphatic carbocycles. The van der Waals surface area contributed by atoms with Gasteiger partial charge in [-0.3, -0.25) is 9.89 Å². The summed E-state index contributed by atoms with van der Waals surface area (Å²) in [7, 11) is 4.61. The van der Waals surface area contributed by atoms with Crippen LogP contribution in [0.1, 0.15) is 27.2 Å². The first-order valence-electron chi connectivity index (χ1n) is 10.9. The number of aryl methyl sites for hydroxylation is 2. The quantitative estimate of drug-likeness (QED) is 0.322. The molecule has 0 fully saturated rings. The van der Waals surface area contributed by atoms with Gasteiger partial charge in [0.2, 0.25) is 5.75 Å². The summed E-state index contributed by atoms with van der Waals surface area (Å²) >= 11 is 0. The van der Waals surface area contributed by atoms with Crippen molar-refractivity contribution in [3.63, 3.8) is 0 Å². The Hall–Kier alpha value is -4.33. The molecule has 8 heteroatoms. The number of nitrogens with zero attached hydrogens (tertiary/aromatic N) is 2. The van der Waals surface area contributed by atoms with Crippen molar-refractivity contribution in [2.24, 2.45) is 5.10 Å². The minimum absolute atomic E-state index is 0.315. The normalized spacial score (nSPS) is 12.3. The molecule has 1 aliphatic rings. The number of nitrogens with one attached hydrogen (secondary N) is 2. The van der Waals surface area contributed by atoms with Crippen LogP contribution in [0.4, 0.5) is 0 Å². The summed E-state index contributed by atoms with van der Waals surface area (Å²) in [6.45, 7) is 0. The summed E-state index contributed by atoms with van der Waals surface area (Å²) < 4.78 is 16.1. The van der Waals surface area contributed by atoms with Crippen molar-refractivity contribution in [3.8, 4) is 28.5 Å². The number of carbonyl (C=O) groups excluding carboxylic acids is 1. The highest BCUT2D eigenvalue weighted by Crippen LogP contribution is 2.39. The van der Waals surface area contributed by atoms with Crippen LogP contribution >= 0.6 is 0 Å². The van der Waals surface area contributed by atoms with Gasteiger partial charge in [-0.05, 0) is 52.9 Å². The molecule has 0 aliphatic heterocycles. The van der Waals surface area contributed by atoms with Crippen LogP contribution < -0.4 is 19.6 Å². The maximum atomic E-state index is 12.7. The predicted molar refractivity (Wildman–Crippen MR) is 130 cm³/mol. The fourth-order valence-corrected chi connectivity index (χ4v) is 4.49. The highest BCUT2D eigenvalue weighted by molar-refractivity contribution is 6.02. The van der Waals surface area contributed by atoms with E-state index in [1.54, 1.807) is 25.3 Å². The van der Waals surface area contributed by atoms with Crippen LogP contribution in [-0.4, -0.2) is 43.6 Å². The lowest BCUT2D eigenvalue weighted by atomic mass is 9.98. The molecule has 0 spiro atoms. The number of amides is 1. The van der Waals surface area contributed by atoms with Crippen LogP contribution in [0.5, 0.6) is 17.2 Å². The number of carbonyl (C=O) groups is 1. The van der Waals surface area contributed by atoms with Crippen molar-refractivity contribution >= 4 is 22.9 Å². The minimum atomic E-state index is -0.402. The summed E-state index contributed by atoms with van der Waals surface area (Å²) in [6, 6.07) is 15.8. The minimum Gasteiger partial charge on any atom is -0.493 e. The molecule has 5 rings (SSSR count). The van der Waals surface area contributed by atoms with Gasteiger partial charge in [-0.1, -0.05) is 30.3 Å². The van der Waals surface area contributed by atoms with Crippen molar-refractivity contribution in [1.82, 2.24) is 15.6 Å². The number of hydrogen-bond acceptors (Lipinski definition) is 6. The Kier molecular flexibility index (Phi) is 5.63. The van der Waals surface area contributed by atoms with Gasteiger partial charge in [0.25, 0.3) is 5.91 Å². The smallest absolute Gasteiger partial charge is 0.289 e. The third kappa shape index (κ3) is 3.63. The zero-order valence-corrected chi connectivity index (χ0v) is 19.1. The Morgan fingerprint density at radius 2 is 1.79 bits per heavy atom. The summed E-state index contributed by atoms with van der Waals surface area (Å²) in [6.07, 6.45) is 3.61. The number of methoxy groups -OCH3 is 3. The number of aromatic amines is 1. The van der Waals surface area contributed by atoms with E-state index in [0.29, 0.717) is 34.2 Å². The fourth-order valence-electron chi connectivity index (χ4n) is 4.49. The number of hydrogen-bond donors (Lipinski definition) is 2. The topological polar surface area (TPSA) is 97.8 Å². The van der Waals surface area contributed by atoms with E-state index in [-0.39, 0.29) is 0 Å². The van der Waals surface area contributed by atoms with Crippen LogP contribution in [0.25, 0.3) is 22.0 Å². The molecule has 34 heavy (non-hydrogen) atoms. The lowest BCUT2D eigenvalue weighted by Crippen LogP contribution is -2.18. The molecule has 3 aromatic carbocycles. The van der Waals surface area contributed by atoms with Crippen LogP contribution in [0.2, 0.25) is 0 Å². The van der Waals surface area contributed by atoms with Gasteiger partial charge in [-0.25, -0.2) is 5.43 Å². The van der Waals surface area contributed by atoms with Gasteiger partial charge in [0.15, 0.2) is 11.5 Å². The molecular formula is C26H24N4O4. The van der Waals surface area contributed by atoms with E-state index < -0.39 is 5.91 Å². The second-order valence-electron chi connectivity index (χ2n) is 7.90. The zero-order valence-electron chi connectivity index (χ0n) is 19.1. The Labute approximate surface area is 196 Å². The van der Waals surface area contributed by atoms with Gasteiger partial charge in [0.05, 0.1) is 33.2 Å². The largest absolute Gasteiger partial charge is 0.493 e. The second kappa shape index (κ2) is 8.90. The SMILES string of the molecule is COc1ccc(/C=N\NC(=O)c2cc(-c3ccc4c5c(cccc35)CC4)n[nH]2)c(OC)c1OC. The lowest BCUT2D eigenvalue weighted by Gasteiger charge is -2.13. The van der Waals surface area contributed by atoms with Gasteiger partial charge in [-0.15, -0.1) is 0 Å². The van der Waals surface area contributed by atoms with E-state index in [0.717, 1.165) is 23.8 Å². The number of H-pyrrole nitrogens is 1. The average Bonchev–Trinajstić information content (AvgIpc) is 3.53. The summed E-state index contributed by atoms with van der Waals surface area (Å²) in [5, 5.41) is 13.7. The van der Waals surface area contributed by atoms with Crippen molar-refractivity contribution < 1.29 is 19.0 Å². The van der Waals surface area contributed by atoms with E-state index in [9.17, 15) is 4.79 Å². The number of hydrazone groups is 1. The van der Waals surface area contributed by atoms with Gasteiger partial charge in [-0.2, -0.15) is 10.2 Å². The van der Waals surface area contributed by atoms with Crippen molar-refractivity contribution in [3.05, 3.63) is 70.9 Å². The Morgan fingerprint density at radius 3 is 2.56 bits per heavy atom. The van der Waals surface area contributed by atoms with Crippen LogP contribution in [-0.2, 0) is 12.8 Å². The van der Waals surface area contributed by atoms with E-state index in [1.165, 1.54) is 36.9 Å². The first-order valence-corrected chi connectivity index (χ1v) is 10.9. The monoisotopic (exact) mass is 456 g/mol. The number of rotatable bonds is 7. The molecular weight excluding hydrogens is 432 g/mol. The van der Waals surface area contributed by atoms with Gasteiger partial charge in [0, 0.05) is 11.1 Å². The molecule has 0 bridgehead atoms. The molecule has 4 aromatic rings. The van der Waals surface area contributed by atoms with Crippen LogP contribution in [0.15, 0.2) is 53.6 Å². The molecule has 0 saturated heterocycles. The molecule has 172 valence electrons. The summed E-state index contributed by atoms with van der Waals surface area (Å²) in [5.41, 5.74) is 7.90. The van der Waals surface area contributed by atoms with Gasteiger partial charge in [0.1, 0.15) is 5.69 Å². The standard InChI is InChI=1S/C26H24N4O4/c1-32-22-12-10-17(24(33-2)25(22)34-3)14-27-30-26(31)21-13-20(28-29-21)18-11-9-16-8-7-15-5-4-6-19(18)23(15)16/h4-6,9-14H,7-8H2,1-3H3,(H,28,29)(H,30,31)/b27-14-. The second-order valence-corrected chi connectivity index (χ2v) is 7.90. The summed E-state index contributed by atoms with van der Waals surface area (Å²) in [5.74, 6) is 1.04. The first kappa shape index (κ1) is 21.5. The number of ether oxygens (including phenoxy) is 3. The molecule has 1 aromatic heterocycles. The highest BCUT2D eigenvalue weighted by atomic mass is 16.5. The van der Waals surface area contributed by atoms with E-state index in [4.69, 9.17) is 14.2 Å². The lowest BCUT2D eigenvalue weighted by molar-refractivity contribution is 0.0950. The van der Waals surface area contributed by atoms with Crippen molar-refractivity contribution in [2.45, 2.75) is 12.8 Å². The maximum absolute atomic E-state index is 12.7. The van der Waals surface area contributed by atoms with E-state index >= 15 is 0 Å². The third-order valence-corrected chi connectivity index (χ3v) is 6.08. The van der Waals surface area contributed by atoms with Crippen LogP contribution in [0, 0.1) is 0 Å². The van der Waals surface area contributed by atoms with Gasteiger partial charge >= 0.3 is 0 Å². The fraction of sp³-hybridized carbons (Fsp3) is 0.192. The molecule has 1 heterocycles. The Morgan fingerprint density at radius 1 is 1.00 bits per heavy atom. The van der Waals surface area contributed by atoms with Crippen LogP contribution in [0.3, 0.4) is 0 Å². The molecule has 1 amide bonds. The Balaban J connectivity index is 1.36. The third-order valence-electron chi connectivity index (χ3n) is 6.08. The highest BCUT2D eigenvalue weighted by Gasteiger charge is 2.19. The van der Waals surface area contributed by atoms with Crippen molar-refractivity contribution in [1.29, 1.82) is 0 Å². The molecule has 0 radical (unpaired) electrons.